The smallest absolute Gasteiger partial charge is 0.326 e. The van der Waals surface area contributed by atoms with Crippen molar-refractivity contribution < 1.29 is 14.7 Å². The van der Waals surface area contributed by atoms with Crippen molar-refractivity contribution in [3.05, 3.63) is 11.9 Å². The van der Waals surface area contributed by atoms with E-state index in [0.29, 0.717) is 19.4 Å². The van der Waals surface area contributed by atoms with Crippen molar-refractivity contribution in [2.24, 2.45) is 0 Å². The van der Waals surface area contributed by atoms with Crippen LogP contribution in [-0.2, 0) is 4.79 Å². The van der Waals surface area contributed by atoms with Crippen LogP contribution in [-0.4, -0.2) is 49.9 Å². The summed E-state index contributed by atoms with van der Waals surface area (Å²) in [5.41, 5.74) is 0.156. The van der Waals surface area contributed by atoms with Crippen molar-refractivity contribution >= 4 is 11.9 Å². The topological polar surface area (TPSA) is 99.2 Å². The Morgan fingerprint density at radius 3 is 3.00 bits per heavy atom. The molecule has 0 spiro atoms. The van der Waals surface area contributed by atoms with Gasteiger partial charge in [0.05, 0.1) is 6.20 Å². The maximum absolute atomic E-state index is 11.8. The quantitative estimate of drug-likeness (QED) is 0.685. The van der Waals surface area contributed by atoms with Gasteiger partial charge in [0, 0.05) is 6.54 Å². The molecule has 7 heteroatoms. The van der Waals surface area contributed by atoms with E-state index in [9.17, 15) is 9.59 Å². The fraction of sp³-hybridized carbons (Fsp3) is 0.500. The summed E-state index contributed by atoms with van der Waals surface area (Å²) in [7, 11) is 0. The summed E-state index contributed by atoms with van der Waals surface area (Å²) in [6, 6.07) is -0.728. The molecule has 1 fully saturated rings. The molecular formula is C8H10N4O3. The minimum atomic E-state index is -0.968. The van der Waals surface area contributed by atoms with E-state index < -0.39 is 12.0 Å². The molecule has 1 aliphatic heterocycles. The van der Waals surface area contributed by atoms with Gasteiger partial charge < -0.3 is 10.0 Å². The molecule has 0 saturated carbocycles. The lowest BCUT2D eigenvalue weighted by atomic mass is 10.2. The number of hydrogen-bond acceptors (Lipinski definition) is 4. The molecule has 7 nitrogen and oxygen atoms in total. The Morgan fingerprint density at radius 1 is 1.60 bits per heavy atom. The summed E-state index contributed by atoms with van der Waals surface area (Å²) in [5, 5.41) is 18.4. The second-order valence-electron chi connectivity index (χ2n) is 3.35. The lowest BCUT2D eigenvalue weighted by Crippen LogP contribution is -2.40. The van der Waals surface area contributed by atoms with Gasteiger partial charge >= 0.3 is 5.97 Å². The van der Waals surface area contributed by atoms with Crippen LogP contribution in [0.1, 0.15) is 23.3 Å². The van der Waals surface area contributed by atoms with Crippen LogP contribution in [0.25, 0.3) is 0 Å². The highest BCUT2D eigenvalue weighted by atomic mass is 16.4. The Labute approximate surface area is 85.1 Å². The lowest BCUT2D eigenvalue weighted by molar-refractivity contribution is -0.141. The van der Waals surface area contributed by atoms with Gasteiger partial charge in [-0.05, 0) is 12.8 Å². The summed E-state index contributed by atoms with van der Waals surface area (Å²) >= 11 is 0. The van der Waals surface area contributed by atoms with Gasteiger partial charge in [-0.1, -0.05) is 0 Å². The first-order valence-corrected chi connectivity index (χ1v) is 4.59. The normalized spacial score (nSPS) is 20.5. The minimum Gasteiger partial charge on any atom is -0.480 e. The number of amides is 1. The largest absolute Gasteiger partial charge is 0.480 e. The van der Waals surface area contributed by atoms with E-state index in [4.69, 9.17) is 5.11 Å². The number of carbonyl (C=O) groups excluding carboxylic acids is 1. The zero-order valence-electron chi connectivity index (χ0n) is 7.88. The number of H-pyrrole nitrogens is 1. The zero-order valence-corrected chi connectivity index (χ0v) is 7.88. The second-order valence-corrected chi connectivity index (χ2v) is 3.35. The van der Waals surface area contributed by atoms with Crippen LogP contribution in [0.15, 0.2) is 6.20 Å². The number of carboxylic acid groups (broad SMARTS) is 1. The van der Waals surface area contributed by atoms with Crippen molar-refractivity contribution in [2.45, 2.75) is 18.9 Å². The van der Waals surface area contributed by atoms with Crippen molar-refractivity contribution in [3.63, 3.8) is 0 Å². The SMILES string of the molecule is O=C(O)[C@@H]1CCCN1C(=O)c1cn[nH]n1. The summed E-state index contributed by atoms with van der Waals surface area (Å²) < 4.78 is 0. The van der Waals surface area contributed by atoms with Crippen LogP contribution in [0.2, 0.25) is 0 Å². The summed E-state index contributed by atoms with van der Waals surface area (Å²) in [5.74, 6) is -1.35. The number of aromatic nitrogens is 3. The maximum Gasteiger partial charge on any atom is 0.326 e. The van der Waals surface area contributed by atoms with Crippen LogP contribution in [0, 0.1) is 0 Å². The molecule has 1 saturated heterocycles. The number of carboxylic acids is 1. The van der Waals surface area contributed by atoms with Crippen molar-refractivity contribution in [1.29, 1.82) is 0 Å². The predicted molar refractivity (Wildman–Crippen MR) is 48.1 cm³/mol. The van der Waals surface area contributed by atoms with Crippen molar-refractivity contribution in [1.82, 2.24) is 20.3 Å². The van der Waals surface area contributed by atoms with Gasteiger partial charge in [-0.3, -0.25) is 4.79 Å². The van der Waals surface area contributed by atoms with Crippen LogP contribution in [0.4, 0.5) is 0 Å². The fourth-order valence-electron chi connectivity index (χ4n) is 1.72. The lowest BCUT2D eigenvalue weighted by Gasteiger charge is -2.19. The third kappa shape index (κ3) is 1.67. The van der Waals surface area contributed by atoms with Gasteiger partial charge in [-0.25, -0.2) is 4.79 Å². The molecule has 0 aromatic carbocycles. The van der Waals surface area contributed by atoms with Gasteiger partial charge in [0.2, 0.25) is 0 Å². The van der Waals surface area contributed by atoms with Gasteiger partial charge in [0.15, 0.2) is 5.69 Å². The first-order valence-electron chi connectivity index (χ1n) is 4.59. The third-order valence-corrected chi connectivity index (χ3v) is 2.43. The number of nitrogens with zero attached hydrogens (tertiary/aromatic N) is 3. The molecule has 1 atom stereocenters. The maximum atomic E-state index is 11.8. The van der Waals surface area contributed by atoms with E-state index in [1.807, 2.05) is 0 Å². The van der Waals surface area contributed by atoms with Crippen LogP contribution >= 0.6 is 0 Å². The van der Waals surface area contributed by atoms with E-state index in [2.05, 4.69) is 15.4 Å². The highest BCUT2D eigenvalue weighted by Crippen LogP contribution is 2.19. The van der Waals surface area contributed by atoms with Crippen LogP contribution in [0.5, 0.6) is 0 Å². The number of aliphatic carboxylic acids is 1. The van der Waals surface area contributed by atoms with Crippen LogP contribution in [0.3, 0.4) is 0 Å². The summed E-state index contributed by atoms with van der Waals surface area (Å²) in [6.45, 7) is 0.461. The molecule has 0 unspecified atom stereocenters. The molecule has 0 aliphatic carbocycles. The van der Waals surface area contributed by atoms with Gasteiger partial charge in [0.1, 0.15) is 6.04 Å². The first-order chi connectivity index (χ1) is 7.20. The highest BCUT2D eigenvalue weighted by molar-refractivity contribution is 5.95. The molecule has 15 heavy (non-hydrogen) atoms. The van der Waals surface area contributed by atoms with Gasteiger partial charge in [-0.15, -0.1) is 0 Å². The number of aromatic amines is 1. The van der Waals surface area contributed by atoms with E-state index >= 15 is 0 Å². The van der Waals surface area contributed by atoms with Crippen LogP contribution < -0.4 is 0 Å². The Balaban J connectivity index is 2.17. The van der Waals surface area contributed by atoms with E-state index in [1.165, 1.54) is 11.1 Å². The number of rotatable bonds is 2. The molecule has 1 amide bonds. The monoisotopic (exact) mass is 210 g/mol. The zero-order chi connectivity index (χ0) is 10.8. The van der Waals surface area contributed by atoms with E-state index in [0.717, 1.165) is 0 Å². The number of hydrogen-bond donors (Lipinski definition) is 2. The Morgan fingerprint density at radius 2 is 2.40 bits per heavy atom. The predicted octanol–water partition coefficient (Wildman–Crippen LogP) is -0.506. The molecular weight excluding hydrogens is 200 g/mol. The molecule has 80 valence electrons. The van der Waals surface area contributed by atoms with Gasteiger partial charge in [-0.2, -0.15) is 15.4 Å². The fourth-order valence-corrected chi connectivity index (χ4v) is 1.72. The Kier molecular flexibility index (Phi) is 2.36. The molecule has 2 heterocycles. The van der Waals surface area contributed by atoms with Crippen molar-refractivity contribution in [2.75, 3.05) is 6.54 Å². The molecule has 2 rings (SSSR count). The third-order valence-electron chi connectivity index (χ3n) is 2.43. The first kappa shape index (κ1) is 9.63. The average molecular weight is 210 g/mol. The Bertz CT molecular complexity index is 375. The highest BCUT2D eigenvalue weighted by Gasteiger charge is 2.35. The molecule has 1 aromatic rings. The number of likely N-dealkylation sites (tertiary alicyclic amines) is 1. The molecule has 1 aromatic heterocycles. The average Bonchev–Trinajstić information content (AvgIpc) is 2.88. The Hall–Kier alpha value is -1.92. The number of nitrogens with one attached hydrogen (secondary N) is 1. The van der Waals surface area contributed by atoms with Crippen molar-refractivity contribution in [3.8, 4) is 0 Å². The molecule has 0 radical (unpaired) electrons. The summed E-state index contributed by atoms with van der Waals surface area (Å²) in [6.07, 6.45) is 2.50. The number of carbonyl (C=O) groups is 2. The molecule has 2 N–H and O–H groups in total. The van der Waals surface area contributed by atoms with Gasteiger partial charge in [0.25, 0.3) is 5.91 Å². The van der Waals surface area contributed by atoms with E-state index in [1.54, 1.807) is 0 Å². The minimum absolute atomic E-state index is 0.156. The second kappa shape index (κ2) is 3.68. The summed E-state index contributed by atoms with van der Waals surface area (Å²) in [4.78, 5) is 23.9. The van der Waals surface area contributed by atoms with E-state index in [-0.39, 0.29) is 11.6 Å². The molecule has 0 bridgehead atoms. The molecule has 1 aliphatic rings. The standard InChI is InChI=1S/C8H10N4O3/c13-7(5-4-9-11-10-5)12-3-1-2-6(12)8(14)15/h4,6H,1-3H2,(H,14,15)(H,9,10,11)/t6-/m0/s1.